The summed E-state index contributed by atoms with van der Waals surface area (Å²) in [4.78, 5) is 8.50. The molecule has 1 saturated heterocycles. The van der Waals surface area contributed by atoms with Crippen molar-refractivity contribution in [3.05, 3.63) is 28.3 Å². The van der Waals surface area contributed by atoms with E-state index in [1.165, 1.54) is 37.7 Å². The van der Waals surface area contributed by atoms with Crippen LogP contribution in [0.5, 0.6) is 0 Å². The number of ether oxygens (including phenoxy) is 1. The molecule has 0 aromatic carbocycles. The van der Waals surface area contributed by atoms with Crippen molar-refractivity contribution in [2.45, 2.75) is 51.3 Å². The SMILES string of the molecule is CC(C)(O)O.Cc1csc(C2(O)CCC(CO)O2)cncnc1N. The van der Waals surface area contributed by atoms with Crippen LogP contribution in [-0.2, 0) is 10.5 Å². The number of aliphatic hydroxyl groups excluding tert-OH is 1. The van der Waals surface area contributed by atoms with Crippen molar-refractivity contribution in [1.82, 2.24) is 9.97 Å². The van der Waals surface area contributed by atoms with Crippen molar-refractivity contribution < 1.29 is 25.2 Å². The van der Waals surface area contributed by atoms with Crippen molar-refractivity contribution >= 4 is 17.2 Å². The Morgan fingerprint density at radius 3 is 2.62 bits per heavy atom. The molecule has 0 amide bonds. The Labute approximate surface area is 144 Å². The number of nitrogens with two attached hydrogens (primary N) is 1. The zero-order chi connectivity index (χ0) is 18.4. The lowest BCUT2D eigenvalue weighted by molar-refractivity contribution is -0.203. The maximum Gasteiger partial charge on any atom is 0.203 e. The molecule has 2 atom stereocenters. The molecule has 24 heavy (non-hydrogen) atoms. The number of aryl methyl sites for hydroxylation is 1. The molecule has 1 aromatic heterocycles. The van der Waals surface area contributed by atoms with Crippen LogP contribution >= 0.6 is 11.3 Å². The summed E-state index contributed by atoms with van der Waals surface area (Å²) in [5.74, 6) is -2.51. The Balaban J connectivity index is 0.000000505. The van der Waals surface area contributed by atoms with Crippen LogP contribution < -0.4 is 5.73 Å². The van der Waals surface area contributed by atoms with Gasteiger partial charge in [-0.25, -0.2) is 9.97 Å². The Morgan fingerprint density at radius 1 is 1.46 bits per heavy atom. The van der Waals surface area contributed by atoms with Crippen molar-refractivity contribution in [3.8, 4) is 0 Å². The first-order chi connectivity index (χ1) is 11.0. The number of aromatic nitrogens is 2. The van der Waals surface area contributed by atoms with Gasteiger partial charge in [-0.3, -0.25) is 0 Å². The second kappa shape index (κ2) is 8.65. The third kappa shape index (κ3) is 7.04. The molecule has 0 saturated carbocycles. The van der Waals surface area contributed by atoms with Gasteiger partial charge in [-0.1, -0.05) is 0 Å². The maximum atomic E-state index is 10.5. The summed E-state index contributed by atoms with van der Waals surface area (Å²) in [6.07, 6.45) is 3.54. The number of hydrogen-bond donors (Lipinski definition) is 5. The van der Waals surface area contributed by atoms with E-state index in [0.717, 1.165) is 5.56 Å². The molecule has 0 radical (unpaired) electrons. The van der Waals surface area contributed by atoms with E-state index in [1.807, 2.05) is 6.92 Å². The average molecular weight is 359 g/mol. The molecule has 2 rings (SSSR count). The van der Waals surface area contributed by atoms with Crippen LogP contribution in [0.2, 0.25) is 0 Å². The standard InChI is InChI=1S/C12H17N3O3S.C3H8O2/c1-8-6-19-10(4-14-7-15-11(8)13)12(17)3-2-9(5-16)18-12;1-3(2,4)5/h4,6-7,9,16-17H,2-3,5H2,1H3,(H2,13,14,15);4-5H,1-2H3. The molecule has 1 aliphatic heterocycles. The van der Waals surface area contributed by atoms with Gasteiger partial charge in [0, 0.05) is 18.2 Å². The summed E-state index contributed by atoms with van der Waals surface area (Å²) in [7, 11) is 0. The topological polar surface area (TPSA) is 142 Å². The molecular weight excluding hydrogens is 334 g/mol. The van der Waals surface area contributed by atoms with Crippen LogP contribution in [0.1, 0.15) is 37.1 Å². The van der Waals surface area contributed by atoms with Gasteiger partial charge in [0.05, 0.1) is 17.6 Å². The van der Waals surface area contributed by atoms with Gasteiger partial charge in [-0.05, 0) is 32.6 Å². The highest BCUT2D eigenvalue weighted by molar-refractivity contribution is 7.09. The van der Waals surface area contributed by atoms with Crippen molar-refractivity contribution in [3.63, 3.8) is 0 Å². The van der Waals surface area contributed by atoms with E-state index >= 15 is 0 Å². The molecule has 0 bridgehead atoms. The fourth-order valence-electron chi connectivity index (χ4n) is 1.79. The maximum absolute atomic E-state index is 10.5. The van der Waals surface area contributed by atoms with Crippen LogP contribution in [0, 0.1) is 6.92 Å². The number of rotatable bonds is 2. The van der Waals surface area contributed by atoms with Crippen molar-refractivity contribution in [2.75, 3.05) is 12.3 Å². The lowest BCUT2D eigenvalue weighted by Gasteiger charge is -2.21. The predicted molar refractivity (Wildman–Crippen MR) is 90.3 cm³/mol. The van der Waals surface area contributed by atoms with E-state index in [0.29, 0.717) is 23.5 Å². The Kier molecular flexibility index (Phi) is 7.46. The van der Waals surface area contributed by atoms with Gasteiger partial charge < -0.3 is 30.9 Å². The largest absolute Gasteiger partial charge is 0.394 e. The summed E-state index contributed by atoms with van der Waals surface area (Å²) in [6.45, 7) is 4.33. The first-order valence-corrected chi connectivity index (χ1v) is 8.28. The van der Waals surface area contributed by atoms with Gasteiger partial charge in [-0.15, -0.1) is 11.3 Å². The molecule has 1 fully saturated rings. The molecule has 8 nitrogen and oxygen atoms in total. The van der Waals surface area contributed by atoms with Gasteiger partial charge >= 0.3 is 0 Å². The van der Waals surface area contributed by atoms with E-state index < -0.39 is 11.6 Å². The molecule has 136 valence electrons. The number of hydrogen-bond acceptors (Lipinski definition) is 9. The summed E-state index contributed by atoms with van der Waals surface area (Å²) >= 11 is 1.30. The number of nitrogen functional groups attached to an aromatic ring is 1. The third-order valence-electron chi connectivity index (χ3n) is 2.98. The summed E-state index contributed by atoms with van der Waals surface area (Å²) in [5, 5.41) is 37.5. The first kappa shape index (κ1) is 20.7. The third-order valence-corrected chi connectivity index (χ3v) is 4.13. The number of nitrogens with zero attached hydrogens (tertiary/aromatic N) is 2. The van der Waals surface area contributed by atoms with Gasteiger partial charge in [-0.2, -0.15) is 0 Å². The van der Waals surface area contributed by atoms with Crippen LogP contribution in [0.4, 0.5) is 5.82 Å². The summed E-state index contributed by atoms with van der Waals surface area (Å²) < 4.78 is 5.48. The zero-order valence-electron chi connectivity index (χ0n) is 14.0. The quantitative estimate of drug-likeness (QED) is 0.483. The van der Waals surface area contributed by atoms with E-state index in [1.54, 1.807) is 5.38 Å². The summed E-state index contributed by atoms with van der Waals surface area (Å²) in [6, 6.07) is 0. The molecule has 2 heterocycles. The van der Waals surface area contributed by atoms with E-state index in [4.69, 9.17) is 25.8 Å². The highest BCUT2D eigenvalue weighted by Crippen LogP contribution is 2.37. The molecular formula is C15H25N3O5S. The fourth-order valence-corrected chi connectivity index (χ4v) is 2.67. The molecule has 9 heteroatoms. The lowest BCUT2D eigenvalue weighted by atomic mass is 10.1. The second-order valence-corrected chi connectivity index (χ2v) is 6.84. The van der Waals surface area contributed by atoms with Crippen molar-refractivity contribution in [1.29, 1.82) is 0 Å². The van der Waals surface area contributed by atoms with E-state index in [-0.39, 0.29) is 12.7 Å². The Bertz CT molecular complexity index is 583. The van der Waals surface area contributed by atoms with Gasteiger partial charge in [0.2, 0.25) is 5.79 Å². The normalized spacial score (nSPS) is 23.2. The highest BCUT2D eigenvalue weighted by atomic mass is 32.1. The van der Waals surface area contributed by atoms with E-state index in [2.05, 4.69) is 9.97 Å². The lowest BCUT2D eigenvalue weighted by Crippen LogP contribution is -2.26. The monoisotopic (exact) mass is 359 g/mol. The number of aliphatic hydroxyl groups is 4. The zero-order valence-corrected chi connectivity index (χ0v) is 14.8. The minimum Gasteiger partial charge on any atom is -0.394 e. The van der Waals surface area contributed by atoms with Crippen LogP contribution in [0.25, 0.3) is 0 Å². The summed E-state index contributed by atoms with van der Waals surface area (Å²) in [5.41, 5.74) is 6.52. The Hall–Kier alpha value is -1.36. The number of anilines is 1. The van der Waals surface area contributed by atoms with Gasteiger partial charge in [0.15, 0.2) is 5.79 Å². The van der Waals surface area contributed by atoms with Gasteiger partial charge in [0.25, 0.3) is 0 Å². The van der Waals surface area contributed by atoms with Crippen LogP contribution in [-0.4, -0.2) is 48.9 Å². The van der Waals surface area contributed by atoms with E-state index in [9.17, 15) is 5.11 Å². The fraction of sp³-hybridized carbons (Fsp3) is 0.600. The molecule has 6 N–H and O–H groups in total. The smallest absolute Gasteiger partial charge is 0.203 e. The van der Waals surface area contributed by atoms with Crippen LogP contribution in [0.15, 0.2) is 17.9 Å². The molecule has 2 unspecified atom stereocenters. The molecule has 1 aliphatic rings. The predicted octanol–water partition coefficient (Wildman–Crippen LogP) is 0.577. The van der Waals surface area contributed by atoms with Crippen molar-refractivity contribution in [2.24, 2.45) is 0 Å². The first-order valence-electron chi connectivity index (χ1n) is 7.40. The van der Waals surface area contributed by atoms with Crippen LogP contribution in [0.3, 0.4) is 0 Å². The minimum absolute atomic E-state index is 0.103. The van der Waals surface area contributed by atoms with Gasteiger partial charge in [0.1, 0.15) is 12.1 Å². The minimum atomic E-state index is -1.50. The molecule has 1 aromatic rings. The second-order valence-electron chi connectivity index (χ2n) is 5.93. The highest BCUT2D eigenvalue weighted by Gasteiger charge is 2.40. The average Bonchev–Trinajstić information content (AvgIpc) is 2.88. The molecule has 0 spiro atoms. The molecule has 0 aliphatic carbocycles. The Morgan fingerprint density at radius 2 is 2.08 bits per heavy atom.